The van der Waals surface area contributed by atoms with Crippen LogP contribution in [0.3, 0.4) is 0 Å². The average molecular weight is 340 g/mol. The number of ether oxygens (including phenoxy) is 1. The van der Waals surface area contributed by atoms with Crippen molar-refractivity contribution in [3.63, 3.8) is 0 Å². The maximum Gasteiger partial charge on any atom is 0.242 e. The fraction of sp³-hybridized carbons (Fsp3) is 0.526. The molecule has 0 bridgehead atoms. The van der Waals surface area contributed by atoms with Gasteiger partial charge in [0.1, 0.15) is 24.2 Å². The summed E-state index contributed by atoms with van der Waals surface area (Å²) in [6, 6.07) is 3.84. The molecule has 3 atom stereocenters. The van der Waals surface area contributed by atoms with Gasteiger partial charge in [0.05, 0.1) is 6.20 Å². The molecule has 1 amide bonds. The van der Waals surface area contributed by atoms with Gasteiger partial charge in [-0.3, -0.25) is 9.78 Å². The van der Waals surface area contributed by atoms with Crippen molar-refractivity contribution in [3.05, 3.63) is 42.7 Å². The Hall–Kier alpha value is -2.37. The fourth-order valence-corrected chi connectivity index (χ4v) is 4.20. The second kappa shape index (κ2) is 6.86. The molecule has 1 saturated carbocycles. The van der Waals surface area contributed by atoms with Crippen LogP contribution in [0.25, 0.3) is 0 Å². The van der Waals surface area contributed by atoms with Crippen LogP contribution in [-0.2, 0) is 17.8 Å². The lowest BCUT2D eigenvalue weighted by Crippen LogP contribution is -2.34. The van der Waals surface area contributed by atoms with Gasteiger partial charge in [-0.15, -0.1) is 0 Å². The maximum atomic E-state index is 12.7. The van der Waals surface area contributed by atoms with Gasteiger partial charge < -0.3 is 14.2 Å². The summed E-state index contributed by atoms with van der Waals surface area (Å²) in [5.74, 6) is 2.95. The highest BCUT2D eigenvalue weighted by atomic mass is 16.5. The van der Waals surface area contributed by atoms with Crippen LogP contribution in [0, 0.1) is 11.8 Å². The Morgan fingerprint density at radius 1 is 1.32 bits per heavy atom. The molecule has 3 heterocycles. The molecule has 1 saturated heterocycles. The molecule has 1 aliphatic heterocycles. The number of aromatic nitrogens is 3. The van der Waals surface area contributed by atoms with Crippen molar-refractivity contribution in [3.8, 4) is 5.75 Å². The summed E-state index contributed by atoms with van der Waals surface area (Å²) < 4.78 is 8.10. The lowest BCUT2D eigenvalue weighted by atomic mass is 9.99. The van der Waals surface area contributed by atoms with Crippen LogP contribution in [0.5, 0.6) is 5.75 Å². The first kappa shape index (κ1) is 16.1. The highest BCUT2D eigenvalue weighted by molar-refractivity contribution is 5.76. The Kier molecular flexibility index (Phi) is 4.42. The molecule has 0 radical (unpaired) electrons. The van der Waals surface area contributed by atoms with Crippen molar-refractivity contribution >= 4 is 5.91 Å². The molecule has 6 nitrogen and oxygen atoms in total. The van der Waals surface area contributed by atoms with Gasteiger partial charge in [0, 0.05) is 44.0 Å². The smallest absolute Gasteiger partial charge is 0.242 e. The van der Waals surface area contributed by atoms with Crippen LogP contribution >= 0.6 is 0 Å². The topological polar surface area (TPSA) is 60.2 Å². The van der Waals surface area contributed by atoms with E-state index in [2.05, 4.69) is 16.9 Å². The number of amides is 1. The van der Waals surface area contributed by atoms with Crippen LogP contribution in [0.1, 0.15) is 25.6 Å². The SMILES string of the molecule is CCc1nccn1CC(=O)N1C[C@H]2CC[C@@H](Oc3cccnc3)[C@H]2C1. The number of carbonyl (C=O) groups is 1. The van der Waals surface area contributed by atoms with E-state index in [0.29, 0.717) is 18.4 Å². The number of carbonyl (C=O) groups excluding carboxylic acids is 1. The molecular weight excluding hydrogens is 316 g/mol. The zero-order valence-corrected chi connectivity index (χ0v) is 14.5. The summed E-state index contributed by atoms with van der Waals surface area (Å²) in [5.41, 5.74) is 0. The Labute approximate surface area is 147 Å². The van der Waals surface area contributed by atoms with Gasteiger partial charge in [0.2, 0.25) is 5.91 Å². The molecule has 0 aromatic carbocycles. The number of likely N-dealkylation sites (tertiary alicyclic amines) is 1. The Balaban J connectivity index is 1.38. The molecule has 2 aliphatic rings. The Bertz CT molecular complexity index is 730. The lowest BCUT2D eigenvalue weighted by Gasteiger charge is -2.22. The summed E-state index contributed by atoms with van der Waals surface area (Å²) in [6.45, 7) is 4.10. The third kappa shape index (κ3) is 3.25. The first-order chi connectivity index (χ1) is 12.2. The third-order valence-electron chi connectivity index (χ3n) is 5.49. The van der Waals surface area contributed by atoms with Gasteiger partial charge in [-0.25, -0.2) is 4.98 Å². The molecular formula is C19H24N4O2. The molecule has 0 spiro atoms. The van der Waals surface area contributed by atoms with Crippen molar-refractivity contribution < 1.29 is 9.53 Å². The predicted octanol–water partition coefficient (Wildman–Crippen LogP) is 2.16. The van der Waals surface area contributed by atoms with Crippen LogP contribution in [0.4, 0.5) is 0 Å². The van der Waals surface area contributed by atoms with E-state index in [9.17, 15) is 4.79 Å². The highest BCUT2D eigenvalue weighted by Crippen LogP contribution is 2.40. The molecule has 0 N–H and O–H groups in total. The summed E-state index contributed by atoms with van der Waals surface area (Å²) in [6.07, 6.45) is 10.4. The molecule has 2 fully saturated rings. The minimum atomic E-state index is 0.183. The van der Waals surface area contributed by atoms with Gasteiger partial charge >= 0.3 is 0 Å². The summed E-state index contributed by atoms with van der Waals surface area (Å²) in [5, 5.41) is 0. The van der Waals surface area contributed by atoms with E-state index in [1.165, 1.54) is 0 Å². The number of rotatable bonds is 5. The van der Waals surface area contributed by atoms with E-state index in [-0.39, 0.29) is 12.0 Å². The number of hydrogen-bond acceptors (Lipinski definition) is 4. The summed E-state index contributed by atoms with van der Waals surface area (Å²) >= 11 is 0. The molecule has 2 aromatic rings. The van der Waals surface area contributed by atoms with E-state index in [1.807, 2.05) is 27.8 Å². The Morgan fingerprint density at radius 2 is 2.24 bits per heavy atom. The number of fused-ring (bicyclic) bond motifs is 1. The molecule has 2 aromatic heterocycles. The first-order valence-corrected chi connectivity index (χ1v) is 9.09. The fourth-order valence-electron chi connectivity index (χ4n) is 4.20. The molecule has 1 aliphatic carbocycles. The number of imidazole rings is 1. The van der Waals surface area contributed by atoms with Gasteiger partial charge in [-0.05, 0) is 30.9 Å². The second-order valence-electron chi connectivity index (χ2n) is 6.97. The predicted molar refractivity (Wildman–Crippen MR) is 93.1 cm³/mol. The quantitative estimate of drug-likeness (QED) is 0.837. The highest BCUT2D eigenvalue weighted by Gasteiger charge is 2.45. The van der Waals surface area contributed by atoms with Crippen molar-refractivity contribution in [2.24, 2.45) is 11.8 Å². The normalized spacial score (nSPS) is 25.2. The number of pyridine rings is 1. The number of aryl methyl sites for hydroxylation is 1. The molecule has 6 heteroatoms. The van der Waals surface area contributed by atoms with Gasteiger partial charge in [-0.1, -0.05) is 6.92 Å². The second-order valence-corrected chi connectivity index (χ2v) is 6.97. The van der Waals surface area contributed by atoms with E-state index in [1.54, 1.807) is 18.6 Å². The van der Waals surface area contributed by atoms with Crippen LogP contribution < -0.4 is 4.74 Å². The van der Waals surface area contributed by atoms with E-state index < -0.39 is 0 Å². The molecule has 132 valence electrons. The van der Waals surface area contributed by atoms with Crippen molar-refractivity contribution in [1.82, 2.24) is 19.4 Å². The minimum Gasteiger partial charge on any atom is -0.488 e. The zero-order valence-electron chi connectivity index (χ0n) is 14.5. The van der Waals surface area contributed by atoms with Gasteiger partial charge in [0.15, 0.2) is 0 Å². The maximum absolute atomic E-state index is 12.7. The Morgan fingerprint density at radius 3 is 3.04 bits per heavy atom. The first-order valence-electron chi connectivity index (χ1n) is 9.09. The van der Waals surface area contributed by atoms with E-state index in [0.717, 1.165) is 43.9 Å². The number of nitrogens with zero attached hydrogens (tertiary/aromatic N) is 4. The molecule has 4 rings (SSSR count). The lowest BCUT2D eigenvalue weighted by molar-refractivity contribution is -0.131. The van der Waals surface area contributed by atoms with Crippen molar-refractivity contribution in [2.75, 3.05) is 13.1 Å². The summed E-state index contributed by atoms with van der Waals surface area (Å²) in [7, 11) is 0. The average Bonchev–Trinajstić information content (AvgIpc) is 3.33. The standard InChI is InChI=1S/C19H24N4O2/c1-2-18-21-8-9-22(18)13-19(24)23-11-14-5-6-17(16(14)12-23)25-15-4-3-7-20-10-15/h3-4,7-10,14,16-17H,2,5-6,11-13H2,1H3/t14-,16+,17-/m1/s1. The third-order valence-corrected chi connectivity index (χ3v) is 5.49. The molecule has 0 unspecified atom stereocenters. The van der Waals surface area contributed by atoms with Crippen molar-refractivity contribution in [2.45, 2.75) is 38.8 Å². The molecule has 25 heavy (non-hydrogen) atoms. The number of hydrogen-bond donors (Lipinski definition) is 0. The monoisotopic (exact) mass is 340 g/mol. The van der Waals surface area contributed by atoms with E-state index in [4.69, 9.17) is 4.74 Å². The van der Waals surface area contributed by atoms with Crippen LogP contribution in [-0.4, -0.2) is 44.5 Å². The van der Waals surface area contributed by atoms with E-state index >= 15 is 0 Å². The van der Waals surface area contributed by atoms with Crippen LogP contribution in [0.2, 0.25) is 0 Å². The van der Waals surface area contributed by atoms with Crippen LogP contribution in [0.15, 0.2) is 36.9 Å². The largest absolute Gasteiger partial charge is 0.488 e. The van der Waals surface area contributed by atoms with Gasteiger partial charge in [0.25, 0.3) is 0 Å². The van der Waals surface area contributed by atoms with Crippen molar-refractivity contribution in [1.29, 1.82) is 0 Å². The summed E-state index contributed by atoms with van der Waals surface area (Å²) in [4.78, 5) is 23.1. The zero-order chi connectivity index (χ0) is 17.2. The van der Waals surface area contributed by atoms with Gasteiger partial charge in [-0.2, -0.15) is 0 Å². The minimum absolute atomic E-state index is 0.183.